The van der Waals surface area contributed by atoms with Crippen molar-refractivity contribution in [2.75, 3.05) is 47.5 Å². The van der Waals surface area contributed by atoms with Crippen LogP contribution in [0.2, 0.25) is 0 Å². The molecule has 0 spiro atoms. The largest absolute Gasteiger partial charge is 0.545 e. The molecule has 358 valence electrons. The first-order chi connectivity index (χ1) is 29.6. The zero-order valence-corrected chi connectivity index (χ0v) is 40.5. The van der Waals surface area contributed by atoms with E-state index < -0.39 is 24.3 Å². The number of carbonyl (C=O) groups excluding carboxylic acids is 3. The minimum atomic E-state index is -1.62. The summed E-state index contributed by atoms with van der Waals surface area (Å²) in [7, 11) is 5.91. The summed E-state index contributed by atoms with van der Waals surface area (Å²) >= 11 is 0. The van der Waals surface area contributed by atoms with E-state index in [1.165, 1.54) is 148 Å². The van der Waals surface area contributed by atoms with Crippen LogP contribution in [0.1, 0.15) is 232 Å². The van der Waals surface area contributed by atoms with E-state index in [0.29, 0.717) is 17.4 Å². The molecule has 0 aromatic rings. The van der Waals surface area contributed by atoms with E-state index in [1.807, 2.05) is 21.1 Å². The fourth-order valence-corrected chi connectivity index (χ4v) is 7.17. The van der Waals surface area contributed by atoms with Gasteiger partial charge in [0.15, 0.2) is 12.4 Å². The van der Waals surface area contributed by atoms with Crippen molar-refractivity contribution in [2.24, 2.45) is 0 Å². The maximum Gasteiger partial charge on any atom is 0.306 e. The Bertz CT molecular complexity index is 1050. The summed E-state index contributed by atoms with van der Waals surface area (Å²) in [6.45, 7) is 4.74. The average Bonchev–Trinajstić information content (AvgIpc) is 3.22. The summed E-state index contributed by atoms with van der Waals surface area (Å²) in [5, 5.41) is 11.7. The minimum absolute atomic E-state index is 0.148. The van der Waals surface area contributed by atoms with Crippen LogP contribution < -0.4 is 5.11 Å². The predicted octanol–water partition coefficient (Wildman–Crippen LogP) is 12.7. The van der Waals surface area contributed by atoms with Crippen LogP contribution in [0.15, 0.2) is 24.3 Å². The molecule has 2 atom stereocenters. The van der Waals surface area contributed by atoms with Crippen molar-refractivity contribution in [1.29, 1.82) is 0 Å². The van der Waals surface area contributed by atoms with Gasteiger partial charge in [0.05, 0.1) is 40.3 Å². The van der Waals surface area contributed by atoms with E-state index in [4.69, 9.17) is 18.9 Å². The van der Waals surface area contributed by atoms with Crippen LogP contribution in [-0.4, -0.2) is 82.3 Å². The summed E-state index contributed by atoms with van der Waals surface area (Å²) in [4.78, 5) is 37.1. The van der Waals surface area contributed by atoms with Crippen molar-refractivity contribution in [3.05, 3.63) is 24.3 Å². The van der Waals surface area contributed by atoms with Gasteiger partial charge in [0.2, 0.25) is 0 Å². The van der Waals surface area contributed by atoms with Crippen LogP contribution in [0.25, 0.3) is 0 Å². The number of carboxylic acid groups (broad SMARTS) is 1. The smallest absolute Gasteiger partial charge is 0.306 e. The van der Waals surface area contributed by atoms with Gasteiger partial charge in [0.25, 0.3) is 0 Å². The molecule has 0 aromatic heterocycles. The Morgan fingerprint density at radius 2 is 0.836 bits per heavy atom. The number of aliphatic carboxylic acids is 1. The molecule has 0 fully saturated rings. The fourth-order valence-electron chi connectivity index (χ4n) is 7.17. The standard InChI is InChI=1S/C52H97NO8/c1-6-8-10-12-14-16-18-20-21-22-23-24-25-26-27-28-29-31-33-35-37-39-41-43-50(55)61-48(47-60-52(51(56)57)58-45-44-53(3,4)5)46-59-49(54)42-40-38-36-34-32-30-19-17-15-13-11-9-7-2/h17,19,22-23,48,52H,6-16,18,20-21,24-47H2,1-5H3/b19-17-,23-22-. The third kappa shape index (κ3) is 45.6. The molecule has 0 aliphatic rings. The number of hydrogen-bond donors (Lipinski definition) is 0. The Labute approximate surface area is 376 Å². The van der Waals surface area contributed by atoms with Crippen LogP contribution in [0.4, 0.5) is 0 Å². The van der Waals surface area contributed by atoms with Gasteiger partial charge in [-0.1, -0.05) is 179 Å². The third-order valence-corrected chi connectivity index (χ3v) is 11.2. The first-order valence-electron chi connectivity index (χ1n) is 25.5. The number of ether oxygens (including phenoxy) is 4. The fraction of sp³-hybridized carbons (Fsp3) is 0.865. The number of carboxylic acids is 1. The van der Waals surface area contributed by atoms with E-state index in [1.54, 1.807) is 0 Å². The third-order valence-electron chi connectivity index (χ3n) is 11.2. The minimum Gasteiger partial charge on any atom is -0.545 e. The zero-order chi connectivity index (χ0) is 44.9. The number of nitrogens with zero attached hydrogens (tertiary/aromatic N) is 1. The van der Waals surface area contributed by atoms with Gasteiger partial charge in [-0.05, 0) is 64.2 Å². The van der Waals surface area contributed by atoms with Gasteiger partial charge in [-0.15, -0.1) is 0 Å². The molecule has 0 radical (unpaired) electrons. The number of quaternary nitrogens is 1. The lowest BCUT2D eigenvalue weighted by molar-refractivity contribution is -0.870. The van der Waals surface area contributed by atoms with E-state index in [9.17, 15) is 19.5 Å². The second-order valence-electron chi connectivity index (χ2n) is 18.5. The van der Waals surface area contributed by atoms with Crippen LogP contribution in [0.5, 0.6) is 0 Å². The molecule has 0 saturated heterocycles. The van der Waals surface area contributed by atoms with Crippen molar-refractivity contribution >= 4 is 17.9 Å². The maximum absolute atomic E-state index is 12.8. The number of unbranched alkanes of at least 4 members (excludes halogenated alkanes) is 28. The highest BCUT2D eigenvalue weighted by Gasteiger charge is 2.22. The molecule has 2 unspecified atom stereocenters. The average molecular weight is 864 g/mol. The van der Waals surface area contributed by atoms with Gasteiger partial charge in [0.1, 0.15) is 13.2 Å². The Balaban J connectivity index is 4.28. The van der Waals surface area contributed by atoms with Crippen molar-refractivity contribution in [2.45, 2.75) is 245 Å². The van der Waals surface area contributed by atoms with Crippen LogP contribution in [0.3, 0.4) is 0 Å². The topological polar surface area (TPSA) is 111 Å². The molecule has 9 nitrogen and oxygen atoms in total. The van der Waals surface area contributed by atoms with Gasteiger partial charge >= 0.3 is 11.9 Å². The molecule has 0 N–H and O–H groups in total. The zero-order valence-electron chi connectivity index (χ0n) is 40.5. The lowest BCUT2D eigenvalue weighted by Crippen LogP contribution is -2.44. The SMILES string of the molecule is CCCCCC/C=C\CCCCCCCC(=O)OCC(COC(OCC[N+](C)(C)C)C(=O)[O-])OC(=O)CCCCCCCCCCCCC/C=C\CCCCCCCCCC. The van der Waals surface area contributed by atoms with E-state index in [2.05, 4.69) is 38.2 Å². The van der Waals surface area contributed by atoms with E-state index in [-0.39, 0.29) is 38.6 Å². The molecule has 0 heterocycles. The van der Waals surface area contributed by atoms with Crippen LogP contribution >= 0.6 is 0 Å². The van der Waals surface area contributed by atoms with Crippen LogP contribution in [-0.2, 0) is 33.3 Å². The number of likely N-dealkylation sites (N-methyl/N-ethyl adjacent to an activating group) is 1. The highest BCUT2D eigenvalue weighted by Crippen LogP contribution is 2.15. The molecule has 0 rings (SSSR count). The van der Waals surface area contributed by atoms with Crippen molar-refractivity contribution < 1.29 is 42.9 Å². The predicted molar refractivity (Wildman–Crippen MR) is 251 cm³/mol. The number of carbonyl (C=O) groups is 3. The van der Waals surface area contributed by atoms with Gasteiger partial charge in [-0.25, -0.2) is 0 Å². The number of hydrogen-bond acceptors (Lipinski definition) is 8. The molecule has 0 amide bonds. The lowest BCUT2D eigenvalue weighted by atomic mass is 10.0. The van der Waals surface area contributed by atoms with Crippen LogP contribution in [0, 0.1) is 0 Å². The molecule has 0 aliphatic heterocycles. The maximum atomic E-state index is 12.8. The first kappa shape index (κ1) is 58.8. The Kier molecular flexibility index (Phi) is 42.8. The van der Waals surface area contributed by atoms with Gasteiger partial charge in [-0.3, -0.25) is 9.59 Å². The number of allylic oxidation sites excluding steroid dienone is 4. The number of esters is 2. The second kappa shape index (κ2) is 44.4. The summed E-state index contributed by atoms with van der Waals surface area (Å²) in [5.74, 6) is -2.29. The molecule has 0 saturated carbocycles. The highest BCUT2D eigenvalue weighted by atomic mass is 16.7. The lowest BCUT2D eigenvalue weighted by Gasteiger charge is -2.26. The molecule has 0 aliphatic carbocycles. The summed E-state index contributed by atoms with van der Waals surface area (Å²) in [6, 6.07) is 0. The van der Waals surface area contributed by atoms with Crippen molar-refractivity contribution in [3.63, 3.8) is 0 Å². The Hall–Kier alpha value is -2.23. The molecular formula is C52H97NO8. The van der Waals surface area contributed by atoms with Crippen molar-refractivity contribution in [3.8, 4) is 0 Å². The molecule has 9 heteroatoms. The molecule has 61 heavy (non-hydrogen) atoms. The molecular weight excluding hydrogens is 767 g/mol. The van der Waals surface area contributed by atoms with E-state index in [0.717, 1.165) is 51.4 Å². The first-order valence-corrected chi connectivity index (χ1v) is 25.5. The Morgan fingerprint density at radius 1 is 0.475 bits per heavy atom. The quantitative estimate of drug-likeness (QED) is 0.0195. The Morgan fingerprint density at radius 3 is 1.23 bits per heavy atom. The number of rotatable bonds is 47. The van der Waals surface area contributed by atoms with Gasteiger partial charge < -0.3 is 33.3 Å². The monoisotopic (exact) mass is 864 g/mol. The molecule has 0 aromatic carbocycles. The van der Waals surface area contributed by atoms with Crippen molar-refractivity contribution in [1.82, 2.24) is 0 Å². The van der Waals surface area contributed by atoms with Gasteiger partial charge in [0, 0.05) is 12.8 Å². The van der Waals surface area contributed by atoms with Gasteiger partial charge in [-0.2, -0.15) is 0 Å². The summed E-state index contributed by atoms with van der Waals surface area (Å²) in [5.41, 5.74) is 0. The summed E-state index contributed by atoms with van der Waals surface area (Å²) < 4.78 is 22.6. The highest BCUT2D eigenvalue weighted by molar-refractivity contribution is 5.70. The van der Waals surface area contributed by atoms with E-state index >= 15 is 0 Å². The molecule has 0 bridgehead atoms. The summed E-state index contributed by atoms with van der Waals surface area (Å²) in [6.07, 6.45) is 46.4. The second-order valence-corrected chi connectivity index (χ2v) is 18.5. The normalized spacial score (nSPS) is 13.0.